The van der Waals surface area contributed by atoms with Gasteiger partial charge in [-0.1, -0.05) is 243 Å². The highest BCUT2D eigenvalue weighted by Gasteiger charge is 2.50. The first-order valence-electron chi connectivity index (χ1n) is 31.7. The van der Waals surface area contributed by atoms with E-state index in [4.69, 9.17) is 9.15 Å². The van der Waals surface area contributed by atoms with Crippen molar-refractivity contribution < 1.29 is 9.15 Å². The molecule has 0 fully saturated rings. The van der Waals surface area contributed by atoms with E-state index in [1.165, 1.54) is 38.3 Å². The lowest BCUT2D eigenvalue weighted by molar-refractivity contribution is 0.493. The molecule has 20 rings (SSSR count). The van der Waals surface area contributed by atoms with Gasteiger partial charge >= 0.3 is 0 Å². The Kier molecular flexibility index (Phi) is 10.9. The van der Waals surface area contributed by atoms with Crippen LogP contribution in [-0.4, -0.2) is 18.0 Å². The maximum Gasteiger partial charge on any atom is 0.256 e. The van der Waals surface area contributed by atoms with E-state index in [-0.39, 0.29) is 13.4 Å². The summed E-state index contributed by atoms with van der Waals surface area (Å²) in [5, 5.41) is 4.39. The molecule has 426 valence electrons. The van der Waals surface area contributed by atoms with Crippen molar-refractivity contribution >= 4 is 141 Å². The Morgan fingerprint density at radius 3 is 1.53 bits per heavy atom. The minimum absolute atomic E-state index is 0.249. The number of anilines is 9. The third-order valence-electron chi connectivity index (χ3n) is 19.8. The fraction of sp³-hybridized carbons (Fsp3) is 0. The highest BCUT2D eigenvalue weighted by molar-refractivity contribution is 7.03. The lowest BCUT2D eigenvalue weighted by Crippen LogP contribution is -2.64. The molecule has 0 atom stereocenters. The number of para-hydroxylation sites is 8. The molecular formula is C84H52B2N4O2. The topological polar surface area (TPSA) is 37.0 Å². The summed E-state index contributed by atoms with van der Waals surface area (Å²) in [4.78, 5) is 7.80. The Morgan fingerprint density at radius 2 is 0.815 bits per heavy atom. The number of ether oxygens (including phenoxy) is 1. The van der Waals surface area contributed by atoms with Gasteiger partial charge in [-0.05, 0) is 116 Å². The summed E-state index contributed by atoms with van der Waals surface area (Å²) in [6.45, 7) is -0.499. The van der Waals surface area contributed by atoms with Crippen LogP contribution in [0.1, 0.15) is 0 Å². The molecule has 6 nitrogen and oxygen atoms in total. The highest BCUT2D eigenvalue weighted by atomic mass is 16.5. The molecule has 0 aliphatic carbocycles. The zero-order valence-electron chi connectivity index (χ0n) is 49.8. The number of aromatic nitrogens is 1. The molecule has 4 aliphatic heterocycles. The quantitative estimate of drug-likeness (QED) is 0.149. The number of benzene rings is 14. The zero-order chi connectivity index (χ0) is 60.1. The number of rotatable bonds is 7. The molecule has 4 aliphatic rings. The van der Waals surface area contributed by atoms with Gasteiger partial charge in [0.1, 0.15) is 22.7 Å². The van der Waals surface area contributed by atoms with E-state index in [2.05, 4.69) is 335 Å². The van der Waals surface area contributed by atoms with E-state index in [9.17, 15) is 0 Å². The Balaban J connectivity index is 1.00. The SMILES string of the molecule is c1ccc(-c2ccccc2N2c3cc4c(cc3B3c5ccccc5Oc5c3c2cc2oc3ccccc3c52)B2c3ccccc3N(c3ccccc3)c3c2c(cc2c3c3ccccc3n2-c2ccccc2)N4c2c(-c3ccccc3)cccc2-c2ccccc2)cc1. The highest BCUT2D eigenvalue weighted by Crippen LogP contribution is 2.56. The molecule has 92 heavy (non-hydrogen) atoms. The number of hydrogen-bond acceptors (Lipinski definition) is 5. The maximum atomic E-state index is 7.44. The molecule has 0 amide bonds. The van der Waals surface area contributed by atoms with Gasteiger partial charge in [0.15, 0.2) is 0 Å². The van der Waals surface area contributed by atoms with Crippen LogP contribution in [0.3, 0.4) is 0 Å². The van der Waals surface area contributed by atoms with Gasteiger partial charge in [-0.25, -0.2) is 0 Å². The molecule has 0 radical (unpaired) electrons. The number of hydrogen-bond donors (Lipinski definition) is 0. The molecule has 16 aromatic rings. The van der Waals surface area contributed by atoms with Crippen molar-refractivity contribution in [3.63, 3.8) is 0 Å². The van der Waals surface area contributed by atoms with Crippen LogP contribution in [-0.2, 0) is 0 Å². The Morgan fingerprint density at radius 1 is 0.283 bits per heavy atom. The minimum atomic E-state index is -0.250. The van der Waals surface area contributed by atoms with Crippen molar-refractivity contribution in [2.45, 2.75) is 0 Å². The van der Waals surface area contributed by atoms with Crippen molar-refractivity contribution in [2.24, 2.45) is 0 Å². The molecule has 0 saturated carbocycles. The zero-order valence-corrected chi connectivity index (χ0v) is 49.8. The fourth-order valence-electron chi connectivity index (χ4n) is 16.1. The van der Waals surface area contributed by atoms with Crippen LogP contribution >= 0.6 is 0 Å². The second kappa shape index (κ2) is 19.8. The first kappa shape index (κ1) is 51.0. The smallest absolute Gasteiger partial charge is 0.256 e. The van der Waals surface area contributed by atoms with E-state index >= 15 is 0 Å². The monoisotopic (exact) mass is 1170 g/mol. The van der Waals surface area contributed by atoms with Crippen LogP contribution < -0.4 is 52.2 Å². The van der Waals surface area contributed by atoms with Crippen LogP contribution in [0.5, 0.6) is 11.5 Å². The average Bonchev–Trinajstić information content (AvgIpc) is 1.12. The predicted molar refractivity (Wildman–Crippen MR) is 384 cm³/mol. The minimum Gasteiger partial charge on any atom is -0.458 e. The van der Waals surface area contributed by atoms with Gasteiger partial charge < -0.3 is 28.4 Å². The Bertz CT molecular complexity index is 5660. The van der Waals surface area contributed by atoms with E-state index in [1.807, 2.05) is 0 Å². The van der Waals surface area contributed by atoms with E-state index in [0.717, 1.165) is 140 Å². The normalized spacial score (nSPS) is 13.2. The first-order chi connectivity index (χ1) is 45.7. The summed E-state index contributed by atoms with van der Waals surface area (Å²) in [5.41, 5.74) is 28.6. The third-order valence-corrected chi connectivity index (χ3v) is 19.8. The molecule has 2 aromatic heterocycles. The third kappa shape index (κ3) is 7.23. The molecule has 14 aromatic carbocycles. The molecular weight excluding hydrogens is 1120 g/mol. The molecule has 0 N–H and O–H groups in total. The van der Waals surface area contributed by atoms with Crippen molar-refractivity contribution in [3.05, 3.63) is 315 Å². The van der Waals surface area contributed by atoms with Crippen LogP contribution in [0.15, 0.2) is 320 Å². The summed E-state index contributed by atoms with van der Waals surface area (Å²) in [6, 6.07) is 116. The summed E-state index contributed by atoms with van der Waals surface area (Å²) in [5.74, 6) is 1.67. The first-order valence-corrected chi connectivity index (χ1v) is 31.7. The van der Waals surface area contributed by atoms with Crippen molar-refractivity contribution in [1.29, 1.82) is 0 Å². The van der Waals surface area contributed by atoms with Gasteiger partial charge in [-0.2, -0.15) is 0 Å². The number of fused-ring (bicyclic) bond motifs is 16. The van der Waals surface area contributed by atoms with E-state index < -0.39 is 0 Å². The Labute approximate surface area is 532 Å². The van der Waals surface area contributed by atoms with Crippen molar-refractivity contribution in [1.82, 2.24) is 4.57 Å². The standard InChI is InChI=1S/C84H52B2N4O2/c1-6-27-53(28-7-1)58-37-16-21-44-67(58)89-70-50-71-66(49-65(70)86-64-43-20-25-48-76(64)92-84-79-62-39-18-24-47-75(62)91-77(79)52-74(89)81(84)86)85-63-42-19-23-46-69(63)88(57-35-14-5-15-36-57)83-78-61-38-17-22-45-68(61)87(56-33-12-4-13-34-56)72(78)51-73(80(83)85)90(71)82-59(54-29-8-2-9-30-54)40-26-41-60(82)55-31-10-3-11-32-55/h1-52H. The lowest BCUT2D eigenvalue weighted by atomic mass is 9.30. The molecule has 0 unspecified atom stereocenters. The fourth-order valence-corrected chi connectivity index (χ4v) is 16.1. The molecule has 8 heteroatoms. The van der Waals surface area contributed by atoms with Gasteiger partial charge in [0, 0.05) is 78.7 Å². The van der Waals surface area contributed by atoms with Gasteiger partial charge in [0.2, 0.25) is 0 Å². The summed E-state index contributed by atoms with van der Waals surface area (Å²) in [6.07, 6.45) is 0. The van der Waals surface area contributed by atoms with Gasteiger partial charge in [-0.3, -0.25) is 0 Å². The van der Waals surface area contributed by atoms with Crippen LogP contribution in [0.4, 0.5) is 51.2 Å². The van der Waals surface area contributed by atoms with Gasteiger partial charge in [0.05, 0.1) is 33.5 Å². The van der Waals surface area contributed by atoms with Crippen molar-refractivity contribution in [3.8, 4) is 50.6 Å². The average molecular weight is 1170 g/mol. The van der Waals surface area contributed by atoms with Crippen LogP contribution in [0.25, 0.3) is 82.8 Å². The largest absolute Gasteiger partial charge is 0.458 e. The van der Waals surface area contributed by atoms with E-state index in [0.29, 0.717) is 0 Å². The maximum absolute atomic E-state index is 7.44. The van der Waals surface area contributed by atoms with E-state index in [1.54, 1.807) is 0 Å². The summed E-state index contributed by atoms with van der Waals surface area (Å²) in [7, 11) is 0. The van der Waals surface area contributed by atoms with Gasteiger partial charge in [0.25, 0.3) is 13.4 Å². The summed E-state index contributed by atoms with van der Waals surface area (Å²) < 4.78 is 16.9. The lowest BCUT2D eigenvalue weighted by Gasteiger charge is -2.47. The summed E-state index contributed by atoms with van der Waals surface area (Å²) >= 11 is 0. The van der Waals surface area contributed by atoms with Crippen molar-refractivity contribution in [2.75, 3.05) is 14.7 Å². The molecule has 0 saturated heterocycles. The predicted octanol–water partition coefficient (Wildman–Crippen LogP) is 18.2. The molecule has 0 spiro atoms. The number of furan rings is 1. The number of nitrogens with zero attached hydrogens (tertiary/aromatic N) is 4. The van der Waals surface area contributed by atoms with Crippen LogP contribution in [0.2, 0.25) is 0 Å². The molecule has 0 bridgehead atoms. The second-order valence-corrected chi connectivity index (χ2v) is 24.5. The second-order valence-electron chi connectivity index (χ2n) is 24.5. The molecule has 6 heterocycles. The van der Waals surface area contributed by atoms with Crippen LogP contribution in [0, 0.1) is 0 Å². The van der Waals surface area contributed by atoms with Gasteiger partial charge in [-0.15, -0.1) is 0 Å². The Hall–Kier alpha value is -12.0.